The molecule has 0 spiro atoms. The summed E-state index contributed by atoms with van der Waals surface area (Å²) in [6.07, 6.45) is 0. The number of hydrogen-bond acceptors (Lipinski definition) is 5. The molecular weight excluding hydrogens is 399 g/mol. The number of aliphatic imine (C=N–C) groups is 1. The molecule has 7 nitrogen and oxygen atoms in total. The summed E-state index contributed by atoms with van der Waals surface area (Å²) in [6.45, 7) is 4.47. The van der Waals surface area contributed by atoms with Crippen molar-refractivity contribution in [3.8, 4) is 11.5 Å². The molecular formula is C23H31FN4O3. The maximum Gasteiger partial charge on any atom is 0.194 e. The third-order valence-corrected chi connectivity index (χ3v) is 5.50. The number of guanidine groups is 1. The Kier molecular flexibility index (Phi) is 8.08. The van der Waals surface area contributed by atoms with Gasteiger partial charge in [-0.05, 0) is 35.9 Å². The monoisotopic (exact) mass is 430 g/mol. The summed E-state index contributed by atoms with van der Waals surface area (Å²) in [5.74, 6) is 2.11. The van der Waals surface area contributed by atoms with E-state index in [4.69, 9.17) is 9.47 Å². The number of ether oxygens (including phenoxy) is 2. The molecule has 8 heteroatoms. The fourth-order valence-corrected chi connectivity index (χ4v) is 3.74. The summed E-state index contributed by atoms with van der Waals surface area (Å²) in [5.41, 5.74) is 2.31. The predicted molar refractivity (Wildman–Crippen MR) is 119 cm³/mol. The average Bonchev–Trinajstić information content (AvgIpc) is 2.81. The normalized spacial score (nSPS) is 15.1. The molecule has 2 aromatic rings. The number of benzene rings is 2. The molecule has 3 rings (SSSR count). The lowest BCUT2D eigenvalue weighted by atomic mass is 10.1. The van der Waals surface area contributed by atoms with Gasteiger partial charge in [0.05, 0.1) is 20.8 Å². The number of hydrogen-bond donors (Lipinski definition) is 2. The summed E-state index contributed by atoms with van der Waals surface area (Å²) in [5, 5.41) is 12.6. The van der Waals surface area contributed by atoms with Crippen LogP contribution in [-0.2, 0) is 19.7 Å². The zero-order chi connectivity index (χ0) is 22.2. The fourth-order valence-electron chi connectivity index (χ4n) is 3.74. The predicted octanol–water partition coefficient (Wildman–Crippen LogP) is 2.23. The Morgan fingerprint density at radius 1 is 1.06 bits per heavy atom. The van der Waals surface area contributed by atoms with Gasteiger partial charge in [-0.25, -0.2) is 4.39 Å². The summed E-state index contributed by atoms with van der Waals surface area (Å²) in [4.78, 5) is 9.00. The number of aliphatic hydroxyl groups is 1. The van der Waals surface area contributed by atoms with E-state index in [9.17, 15) is 9.50 Å². The molecule has 0 saturated carbocycles. The highest BCUT2D eigenvalue weighted by Crippen LogP contribution is 2.25. The molecule has 2 N–H and O–H groups in total. The van der Waals surface area contributed by atoms with E-state index in [1.165, 1.54) is 6.07 Å². The van der Waals surface area contributed by atoms with E-state index in [-0.39, 0.29) is 12.4 Å². The first-order valence-corrected chi connectivity index (χ1v) is 10.3. The largest absolute Gasteiger partial charge is 0.497 e. The summed E-state index contributed by atoms with van der Waals surface area (Å²) in [7, 11) is 5.11. The number of rotatable bonds is 7. The molecule has 0 aromatic heterocycles. The lowest BCUT2D eigenvalue weighted by molar-refractivity contribution is 0.171. The van der Waals surface area contributed by atoms with Crippen molar-refractivity contribution in [1.82, 2.24) is 15.1 Å². The molecule has 1 aliphatic rings. The van der Waals surface area contributed by atoms with Crippen molar-refractivity contribution in [2.24, 2.45) is 4.99 Å². The van der Waals surface area contributed by atoms with Gasteiger partial charge >= 0.3 is 0 Å². The smallest absolute Gasteiger partial charge is 0.194 e. The Morgan fingerprint density at radius 2 is 1.84 bits per heavy atom. The van der Waals surface area contributed by atoms with E-state index in [0.717, 1.165) is 61.3 Å². The number of nitrogens with one attached hydrogen (secondary N) is 1. The molecule has 1 heterocycles. The van der Waals surface area contributed by atoms with Crippen LogP contribution >= 0.6 is 0 Å². The van der Waals surface area contributed by atoms with E-state index in [2.05, 4.69) is 20.1 Å². The van der Waals surface area contributed by atoms with Crippen LogP contribution in [0.3, 0.4) is 0 Å². The number of halogens is 1. The third kappa shape index (κ3) is 5.86. The second kappa shape index (κ2) is 11.0. The second-order valence-electron chi connectivity index (χ2n) is 7.43. The SMILES string of the molecule is CN=C(NCc1ccc(F)c(CO)c1)N1CCN(Cc2cc(OC)ccc2OC)CC1. The Morgan fingerprint density at radius 3 is 2.48 bits per heavy atom. The number of nitrogens with zero attached hydrogens (tertiary/aromatic N) is 3. The van der Waals surface area contributed by atoms with Crippen molar-refractivity contribution in [2.75, 3.05) is 47.4 Å². The van der Waals surface area contributed by atoms with Gasteiger partial charge in [-0.2, -0.15) is 0 Å². The van der Waals surface area contributed by atoms with Gasteiger partial charge in [0.15, 0.2) is 5.96 Å². The molecule has 1 fully saturated rings. The number of methoxy groups -OCH3 is 2. The van der Waals surface area contributed by atoms with Crippen molar-refractivity contribution in [3.63, 3.8) is 0 Å². The first kappa shape index (κ1) is 22.8. The first-order chi connectivity index (χ1) is 15.1. The highest BCUT2D eigenvalue weighted by molar-refractivity contribution is 5.80. The van der Waals surface area contributed by atoms with E-state index in [1.807, 2.05) is 18.2 Å². The van der Waals surface area contributed by atoms with Crippen LogP contribution in [0, 0.1) is 5.82 Å². The maximum atomic E-state index is 13.6. The van der Waals surface area contributed by atoms with Crippen LogP contribution in [0.15, 0.2) is 41.4 Å². The minimum Gasteiger partial charge on any atom is -0.497 e. The van der Waals surface area contributed by atoms with E-state index < -0.39 is 0 Å². The van der Waals surface area contributed by atoms with Crippen LogP contribution in [0.2, 0.25) is 0 Å². The Bertz CT molecular complexity index is 898. The summed E-state index contributed by atoms with van der Waals surface area (Å²) < 4.78 is 24.4. The topological polar surface area (TPSA) is 69.6 Å². The van der Waals surface area contributed by atoms with Crippen molar-refractivity contribution in [3.05, 3.63) is 58.9 Å². The zero-order valence-corrected chi connectivity index (χ0v) is 18.4. The van der Waals surface area contributed by atoms with Crippen LogP contribution in [0.5, 0.6) is 11.5 Å². The van der Waals surface area contributed by atoms with Crippen LogP contribution in [0.1, 0.15) is 16.7 Å². The fraction of sp³-hybridized carbons (Fsp3) is 0.435. The minimum absolute atomic E-state index is 0.302. The maximum absolute atomic E-state index is 13.6. The van der Waals surface area contributed by atoms with Crippen LogP contribution in [0.25, 0.3) is 0 Å². The Balaban J connectivity index is 1.54. The van der Waals surface area contributed by atoms with Crippen molar-refractivity contribution in [1.29, 1.82) is 0 Å². The number of piperazine rings is 1. The first-order valence-electron chi connectivity index (χ1n) is 10.3. The van der Waals surface area contributed by atoms with Gasteiger partial charge in [-0.3, -0.25) is 9.89 Å². The molecule has 0 bridgehead atoms. The Labute approximate surface area is 183 Å². The molecule has 2 aromatic carbocycles. The molecule has 1 aliphatic heterocycles. The molecule has 1 saturated heterocycles. The third-order valence-electron chi connectivity index (χ3n) is 5.50. The van der Waals surface area contributed by atoms with Crippen molar-refractivity contribution >= 4 is 5.96 Å². The van der Waals surface area contributed by atoms with Gasteiger partial charge in [-0.1, -0.05) is 6.07 Å². The highest BCUT2D eigenvalue weighted by atomic mass is 19.1. The van der Waals surface area contributed by atoms with Gasteiger partial charge in [0, 0.05) is 57.4 Å². The molecule has 0 amide bonds. The van der Waals surface area contributed by atoms with Crippen LogP contribution < -0.4 is 14.8 Å². The zero-order valence-electron chi connectivity index (χ0n) is 18.4. The van der Waals surface area contributed by atoms with Crippen LogP contribution in [-0.4, -0.2) is 68.3 Å². The standard InChI is InChI=1S/C23H31FN4O3/c1-25-23(26-14-17-4-6-21(24)19(12-17)16-29)28-10-8-27(9-11-28)15-18-13-20(30-2)5-7-22(18)31-3/h4-7,12-13,29H,8-11,14-16H2,1-3H3,(H,25,26). The van der Waals surface area contributed by atoms with Gasteiger partial charge in [0.1, 0.15) is 17.3 Å². The molecule has 31 heavy (non-hydrogen) atoms. The lowest BCUT2D eigenvalue weighted by Crippen LogP contribution is -2.52. The average molecular weight is 431 g/mol. The Hall–Kier alpha value is -2.84. The minimum atomic E-state index is -0.389. The van der Waals surface area contributed by atoms with E-state index in [0.29, 0.717) is 12.1 Å². The molecule has 0 aliphatic carbocycles. The van der Waals surface area contributed by atoms with Gasteiger partial charge < -0.3 is 24.8 Å². The van der Waals surface area contributed by atoms with Crippen molar-refractivity contribution in [2.45, 2.75) is 19.7 Å². The molecule has 0 unspecified atom stereocenters. The number of aliphatic hydroxyl groups excluding tert-OH is 1. The quantitative estimate of drug-likeness (QED) is 0.519. The molecule has 0 radical (unpaired) electrons. The second-order valence-corrected chi connectivity index (χ2v) is 7.43. The summed E-state index contributed by atoms with van der Waals surface area (Å²) >= 11 is 0. The van der Waals surface area contributed by atoms with Gasteiger partial charge in [0.2, 0.25) is 0 Å². The highest BCUT2D eigenvalue weighted by Gasteiger charge is 2.21. The van der Waals surface area contributed by atoms with Gasteiger partial charge in [0.25, 0.3) is 0 Å². The van der Waals surface area contributed by atoms with Crippen molar-refractivity contribution < 1.29 is 19.0 Å². The van der Waals surface area contributed by atoms with E-state index >= 15 is 0 Å². The lowest BCUT2D eigenvalue weighted by Gasteiger charge is -2.36. The molecule has 168 valence electrons. The van der Waals surface area contributed by atoms with Crippen LogP contribution in [0.4, 0.5) is 4.39 Å². The molecule has 0 atom stereocenters. The van der Waals surface area contributed by atoms with E-state index in [1.54, 1.807) is 33.4 Å². The van der Waals surface area contributed by atoms with Gasteiger partial charge in [-0.15, -0.1) is 0 Å². The summed E-state index contributed by atoms with van der Waals surface area (Å²) in [6, 6.07) is 10.6.